The van der Waals surface area contributed by atoms with Crippen LogP contribution in [0.15, 0.2) is 51.4 Å². The predicted octanol–water partition coefficient (Wildman–Crippen LogP) is 4.29. The summed E-state index contributed by atoms with van der Waals surface area (Å²) >= 11 is 7.10. The minimum absolute atomic E-state index is 0. The van der Waals surface area contributed by atoms with Crippen molar-refractivity contribution in [3.8, 4) is 5.75 Å². The average Bonchev–Trinajstić information content (AvgIpc) is 2.48. The third-order valence-electron chi connectivity index (χ3n) is 2.90. The van der Waals surface area contributed by atoms with Gasteiger partial charge in [-0.05, 0) is 55.1 Å². The highest BCUT2D eigenvalue weighted by molar-refractivity contribution is 9.11. The molecule has 0 saturated carbocycles. The van der Waals surface area contributed by atoms with Crippen molar-refractivity contribution < 1.29 is 9.84 Å². The van der Waals surface area contributed by atoms with Gasteiger partial charge in [-0.15, -0.1) is 12.4 Å². The Labute approximate surface area is 153 Å². The number of nitrogens with one attached hydrogen (secondary N) is 1. The van der Waals surface area contributed by atoms with E-state index in [2.05, 4.69) is 37.2 Å². The molecule has 2 aromatic carbocycles. The van der Waals surface area contributed by atoms with Crippen molar-refractivity contribution in [2.75, 3.05) is 13.2 Å². The second-order valence-electron chi connectivity index (χ2n) is 4.56. The minimum atomic E-state index is 0. The van der Waals surface area contributed by atoms with Gasteiger partial charge >= 0.3 is 0 Å². The first kappa shape index (κ1) is 19.5. The fourth-order valence-electron chi connectivity index (χ4n) is 1.89. The maximum Gasteiger partial charge on any atom is 0.148 e. The Bertz CT molecular complexity index is 559. The second kappa shape index (κ2) is 10.2. The topological polar surface area (TPSA) is 41.5 Å². The molecule has 0 fully saturated rings. The van der Waals surface area contributed by atoms with Gasteiger partial charge in [0.15, 0.2) is 0 Å². The number of halogens is 3. The predicted molar refractivity (Wildman–Crippen MR) is 98.7 cm³/mol. The molecule has 2 aromatic rings. The van der Waals surface area contributed by atoms with Crippen LogP contribution >= 0.6 is 44.3 Å². The molecule has 0 radical (unpaired) electrons. The Balaban J connectivity index is 0.00000242. The second-order valence-corrected chi connectivity index (χ2v) is 6.27. The molecule has 0 aliphatic carbocycles. The summed E-state index contributed by atoms with van der Waals surface area (Å²) in [5.74, 6) is 0.796. The molecule has 2 rings (SSSR count). The fraction of sp³-hybridized carbons (Fsp3) is 0.250. The molecular weight excluding hydrogens is 433 g/mol. The van der Waals surface area contributed by atoms with Crippen LogP contribution in [0.3, 0.4) is 0 Å². The lowest BCUT2D eigenvalue weighted by atomic mass is 10.2. The molecule has 0 aromatic heterocycles. The van der Waals surface area contributed by atoms with Crippen molar-refractivity contribution in [2.45, 2.75) is 13.2 Å². The highest BCUT2D eigenvalue weighted by atomic mass is 79.9. The largest absolute Gasteiger partial charge is 0.487 e. The fourth-order valence-corrected chi connectivity index (χ4v) is 3.40. The first-order chi connectivity index (χ1) is 10.2. The smallest absolute Gasteiger partial charge is 0.148 e. The lowest BCUT2D eigenvalue weighted by Crippen LogP contribution is -2.17. The third kappa shape index (κ3) is 5.89. The molecule has 0 heterocycles. The van der Waals surface area contributed by atoms with Gasteiger partial charge in [-0.1, -0.05) is 30.3 Å². The minimum Gasteiger partial charge on any atom is -0.487 e. The van der Waals surface area contributed by atoms with Gasteiger partial charge in [0, 0.05) is 13.1 Å². The van der Waals surface area contributed by atoms with E-state index in [0.717, 1.165) is 25.8 Å². The lowest BCUT2D eigenvalue weighted by Gasteiger charge is -2.13. The summed E-state index contributed by atoms with van der Waals surface area (Å²) in [5.41, 5.74) is 2.25. The van der Waals surface area contributed by atoms with Crippen LogP contribution in [0, 0.1) is 0 Å². The maximum absolute atomic E-state index is 8.77. The summed E-state index contributed by atoms with van der Waals surface area (Å²) in [6.45, 7) is 1.96. The van der Waals surface area contributed by atoms with Crippen molar-refractivity contribution in [2.24, 2.45) is 0 Å². The van der Waals surface area contributed by atoms with Crippen molar-refractivity contribution in [1.82, 2.24) is 5.32 Å². The molecule has 0 aliphatic rings. The van der Waals surface area contributed by atoms with Crippen LogP contribution in [0.4, 0.5) is 0 Å². The van der Waals surface area contributed by atoms with Gasteiger partial charge < -0.3 is 15.2 Å². The van der Waals surface area contributed by atoms with Gasteiger partial charge in [0.05, 0.1) is 15.6 Å². The van der Waals surface area contributed by atoms with Gasteiger partial charge in [0.2, 0.25) is 0 Å². The standard InChI is InChI=1S/C16H17Br2NO2.ClH/c17-14-8-13(10-19-6-7-20)9-15(18)16(14)21-11-12-4-2-1-3-5-12;/h1-5,8-9,19-20H,6-7,10-11H2;1H. The van der Waals surface area contributed by atoms with Gasteiger partial charge in [-0.3, -0.25) is 0 Å². The van der Waals surface area contributed by atoms with Gasteiger partial charge in [-0.2, -0.15) is 0 Å². The number of hydrogen-bond acceptors (Lipinski definition) is 3. The third-order valence-corrected chi connectivity index (χ3v) is 4.08. The Kier molecular flexibility index (Phi) is 9.05. The molecule has 0 unspecified atom stereocenters. The molecule has 0 aliphatic heterocycles. The molecule has 22 heavy (non-hydrogen) atoms. The molecule has 120 valence electrons. The summed E-state index contributed by atoms with van der Waals surface area (Å²) in [7, 11) is 0. The average molecular weight is 452 g/mol. The van der Waals surface area contributed by atoms with E-state index in [-0.39, 0.29) is 19.0 Å². The van der Waals surface area contributed by atoms with E-state index in [1.807, 2.05) is 42.5 Å². The summed E-state index contributed by atoms with van der Waals surface area (Å²) in [5, 5.41) is 11.9. The van der Waals surface area contributed by atoms with E-state index in [4.69, 9.17) is 9.84 Å². The SMILES string of the molecule is Cl.OCCNCc1cc(Br)c(OCc2ccccc2)c(Br)c1. The highest BCUT2D eigenvalue weighted by Gasteiger charge is 2.09. The van der Waals surface area contributed by atoms with Gasteiger partial charge in [0.25, 0.3) is 0 Å². The normalized spacial score (nSPS) is 10.1. The summed E-state index contributed by atoms with van der Waals surface area (Å²) in [6.07, 6.45) is 0. The van der Waals surface area contributed by atoms with Crippen LogP contribution < -0.4 is 10.1 Å². The molecule has 0 amide bonds. The van der Waals surface area contributed by atoms with E-state index in [0.29, 0.717) is 19.7 Å². The lowest BCUT2D eigenvalue weighted by molar-refractivity contribution is 0.291. The van der Waals surface area contributed by atoms with Crippen molar-refractivity contribution in [1.29, 1.82) is 0 Å². The highest BCUT2D eigenvalue weighted by Crippen LogP contribution is 2.35. The van der Waals surface area contributed by atoms with Crippen LogP contribution in [0.25, 0.3) is 0 Å². The van der Waals surface area contributed by atoms with Crippen LogP contribution in [0.1, 0.15) is 11.1 Å². The monoisotopic (exact) mass is 449 g/mol. The van der Waals surface area contributed by atoms with E-state index in [1.54, 1.807) is 0 Å². The number of rotatable bonds is 7. The Morgan fingerprint density at radius 1 is 1.00 bits per heavy atom. The molecule has 3 nitrogen and oxygen atoms in total. The Hall–Kier alpha value is -0.590. The zero-order chi connectivity index (χ0) is 15.1. The molecule has 0 saturated heterocycles. The number of benzene rings is 2. The summed E-state index contributed by atoms with van der Waals surface area (Å²) in [4.78, 5) is 0. The number of aliphatic hydroxyl groups is 1. The van der Waals surface area contributed by atoms with Crippen LogP contribution in [-0.4, -0.2) is 18.3 Å². The van der Waals surface area contributed by atoms with Crippen molar-refractivity contribution in [3.63, 3.8) is 0 Å². The zero-order valence-corrected chi connectivity index (χ0v) is 15.9. The Morgan fingerprint density at radius 2 is 1.64 bits per heavy atom. The molecule has 2 N–H and O–H groups in total. The van der Waals surface area contributed by atoms with Crippen LogP contribution in [-0.2, 0) is 13.2 Å². The first-order valence-corrected chi connectivity index (χ1v) is 8.25. The van der Waals surface area contributed by atoms with Crippen molar-refractivity contribution in [3.05, 3.63) is 62.5 Å². The van der Waals surface area contributed by atoms with Gasteiger partial charge in [-0.25, -0.2) is 0 Å². The summed E-state index contributed by atoms with van der Waals surface area (Å²) < 4.78 is 7.70. The van der Waals surface area contributed by atoms with Crippen LogP contribution in [0.5, 0.6) is 5.75 Å². The zero-order valence-electron chi connectivity index (χ0n) is 11.9. The van der Waals surface area contributed by atoms with E-state index in [9.17, 15) is 0 Å². The molecular formula is C16H18Br2ClNO2. The van der Waals surface area contributed by atoms with E-state index in [1.165, 1.54) is 0 Å². The Morgan fingerprint density at radius 3 is 2.23 bits per heavy atom. The van der Waals surface area contributed by atoms with Crippen LogP contribution in [0.2, 0.25) is 0 Å². The van der Waals surface area contributed by atoms with Gasteiger partial charge in [0.1, 0.15) is 12.4 Å². The van der Waals surface area contributed by atoms with Crippen molar-refractivity contribution >= 4 is 44.3 Å². The van der Waals surface area contributed by atoms with E-state index < -0.39 is 0 Å². The molecule has 6 heteroatoms. The number of ether oxygens (including phenoxy) is 1. The molecule has 0 spiro atoms. The summed E-state index contributed by atoms with van der Waals surface area (Å²) in [6, 6.07) is 14.1. The number of aliphatic hydroxyl groups excluding tert-OH is 1. The number of hydrogen-bond donors (Lipinski definition) is 2. The first-order valence-electron chi connectivity index (χ1n) is 6.67. The molecule has 0 bridgehead atoms. The van der Waals surface area contributed by atoms with E-state index >= 15 is 0 Å². The quantitative estimate of drug-likeness (QED) is 0.617. The molecule has 0 atom stereocenters. The maximum atomic E-state index is 8.77.